The molecule has 0 aliphatic carbocycles. The minimum Gasteiger partial charge on any atom is -0.475 e. The number of aromatic nitrogens is 2. The minimum absolute atomic E-state index is 0.00628. The van der Waals surface area contributed by atoms with Crippen molar-refractivity contribution in [1.82, 2.24) is 15.1 Å². The van der Waals surface area contributed by atoms with E-state index in [2.05, 4.69) is 35.9 Å². The van der Waals surface area contributed by atoms with Crippen LogP contribution in [-0.2, 0) is 20.2 Å². The summed E-state index contributed by atoms with van der Waals surface area (Å²) in [6, 6.07) is 7.31. The first-order valence-corrected chi connectivity index (χ1v) is 10.4. The quantitative estimate of drug-likeness (QED) is 0.663. The van der Waals surface area contributed by atoms with Crippen molar-refractivity contribution in [2.24, 2.45) is 0 Å². The summed E-state index contributed by atoms with van der Waals surface area (Å²) in [4.78, 5) is 9.15. The van der Waals surface area contributed by atoms with Crippen LogP contribution >= 0.6 is 0 Å². The molecule has 1 fully saturated rings. The lowest BCUT2D eigenvalue weighted by Crippen LogP contribution is -2.43. The normalized spacial score (nSPS) is 15.0. The minimum atomic E-state index is -5.08. The Hall–Kier alpha value is -2.60. The van der Waals surface area contributed by atoms with Crippen LogP contribution in [-0.4, -0.2) is 48.5 Å². The average molecular weight is 448 g/mol. The average Bonchev–Trinajstić information content (AvgIpc) is 2.99. The number of benzene rings is 1. The fourth-order valence-corrected chi connectivity index (χ4v) is 3.43. The van der Waals surface area contributed by atoms with Gasteiger partial charge in [0.1, 0.15) is 0 Å². The monoisotopic (exact) mass is 448 g/mol. The van der Waals surface area contributed by atoms with Gasteiger partial charge in [-0.05, 0) is 23.1 Å². The van der Waals surface area contributed by atoms with Crippen molar-refractivity contribution >= 4 is 21.7 Å². The van der Waals surface area contributed by atoms with Crippen LogP contribution in [0.5, 0.6) is 0 Å². The number of aliphatic carboxylic acids is 1. The van der Waals surface area contributed by atoms with Gasteiger partial charge in [-0.3, -0.25) is 9.40 Å². The number of halogens is 3. The van der Waals surface area contributed by atoms with E-state index in [-0.39, 0.29) is 10.3 Å². The number of hydrogen-bond acceptors (Lipinski definition) is 5. The summed E-state index contributed by atoms with van der Waals surface area (Å²) in [6.07, 6.45) is -1.81. The predicted octanol–water partition coefficient (Wildman–Crippen LogP) is 2.76. The third-order valence-corrected chi connectivity index (χ3v) is 5.66. The Labute approximate surface area is 172 Å². The molecule has 3 rings (SSSR count). The number of carboxylic acid groups (broad SMARTS) is 1. The summed E-state index contributed by atoms with van der Waals surface area (Å²) in [5.74, 6) is -2.76. The Balaban J connectivity index is 0.000000396. The van der Waals surface area contributed by atoms with E-state index in [9.17, 15) is 21.6 Å². The number of anilines is 1. The van der Waals surface area contributed by atoms with Crippen molar-refractivity contribution in [3.05, 3.63) is 42.2 Å². The number of nitrogens with one attached hydrogen (secondary N) is 2. The second-order valence-electron chi connectivity index (χ2n) is 7.70. The van der Waals surface area contributed by atoms with E-state index in [1.807, 2.05) is 12.1 Å². The number of sulfonamides is 1. The molecule has 0 bridgehead atoms. The maximum atomic E-state index is 12.5. The lowest BCUT2D eigenvalue weighted by molar-refractivity contribution is -0.192. The highest BCUT2D eigenvalue weighted by molar-refractivity contribution is 7.92. The van der Waals surface area contributed by atoms with Gasteiger partial charge in [-0.2, -0.15) is 18.3 Å². The van der Waals surface area contributed by atoms with Crippen molar-refractivity contribution in [3.8, 4) is 0 Å². The standard InChI is InChI=1S/C16H22N4O2S.C2HF3O2/c1-16(2,3)12-4-6-15(7-5-12)23(21,22)19-13-8-18-20(11-13)14-9-17-10-14;3-2(4,5)1(6)7/h4-8,11,14,17,19H,9-10H2,1-3H3;(H,6,7). The highest BCUT2D eigenvalue weighted by Crippen LogP contribution is 2.24. The van der Waals surface area contributed by atoms with Crippen LogP contribution in [0.15, 0.2) is 41.6 Å². The largest absolute Gasteiger partial charge is 0.490 e. The summed E-state index contributed by atoms with van der Waals surface area (Å²) < 4.78 is 61.0. The number of carbonyl (C=O) groups is 1. The fraction of sp³-hybridized carbons (Fsp3) is 0.444. The number of alkyl halides is 3. The van der Waals surface area contributed by atoms with Crippen molar-refractivity contribution < 1.29 is 31.5 Å². The SMILES string of the molecule is CC(C)(C)c1ccc(S(=O)(=O)Nc2cnn(C3CNC3)c2)cc1.O=C(O)C(F)(F)F. The molecule has 166 valence electrons. The van der Waals surface area contributed by atoms with Gasteiger partial charge in [-0.15, -0.1) is 0 Å². The van der Waals surface area contributed by atoms with E-state index < -0.39 is 22.2 Å². The number of carboxylic acids is 1. The van der Waals surface area contributed by atoms with Crippen LogP contribution in [0.25, 0.3) is 0 Å². The molecule has 1 aliphatic heterocycles. The van der Waals surface area contributed by atoms with Gasteiger partial charge >= 0.3 is 12.1 Å². The molecule has 0 saturated carbocycles. The van der Waals surface area contributed by atoms with E-state index in [0.29, 0.717) is 11.7 Å². The molecule has 0 radical (unpaired) electrons. The summed E-state index contributed by atoms with van der Waals surface area (Å²) in [7, 11) is -3.60. The molecule has 12 heteroatoms. The molecule has 0 amide bonds. The fourth-order valence-electron chi connectivity index (χ4n) is 2.40. The summed E-state index contributed by atoms with van der Waals surface area (Å²) in [5, 5.41) is 14.5. The van der Waals surface area contributed by atoms with E-state index in [0.717, 1.165) is 18.7 Å². The van der Waals surface area contributed by atoms with E-state index in [1.54, 1.807) is 29.2 Å². The molecule has 2 aromatic rings. The molecule has 0 unspecified atom stereocenters. The third-order valence-electron chi connectivity index (χ3n) is 4.26. The Kier molecular flexibility index (Phi) is 6.82. The van der Waals surface area contributed by atoms with Crippen LogP contribution in [0.1, 0.15) is 32.4 Å². The van der Waals surface area contributed by atoms with Crippen molar-refractivity contribution in [3.63, 3.8) is 0 Å². The molecule has 1 saturated heterocycles. The van der Waals surface area contributed by atoms with Crippen LogP contribution in [0.4, 0.5) is 18.9 Å². The molecule has 1 aromatic heterocycles. The molecule has 30 heavy (non-hydrogen) atoms. The zero-order valence-corrected chi connectivity index (χ0v) is 17.4. The van der Waals surface area contributed by atoms with Crippen LogP contribution < -0.4 is 10.0 Å². The van der Waals surface area contributed by atoms with E-state index in [4.69, 9.17) is 9.90 Å². The Morgan fingerprint density at radius 2 is 1.73 bits per heavy atom. The van der Waals surface area contributed by atoms with Gasteiger partial charge in [0, 0.05) is 19.3 Å². The third kappa shape index (κ3) is 6.20. The molecule has 0 spiro atoms. The van der Waals surface area contributed by atoms with Crippen molar-refractivity contribution in [2.45, 2.75) is 43.3 Å². The lowest BCUT2D eigenvalue weighted by atomic mass is 9.87. The number of nitrogens with zero attached hydrogens (tertiary/aromatic N) is 2. The Morgan fingerprint density at radius 3 is 2.13 bits per heavy atom. The van der Waals surface area contributed by atoms with Gasteiger partial charge < -0.3 is 10.4 Å². The van der Waals surface area contributed by atoms with Gasteiger partial charge in [0.05, 0.1) is 22.8 Å². The maximum absolute atomic E-state index is 12.5. The van der Waals surface area contributed by atoms with Gasteiger partial charge in [-0.1, -0.05) is 32.9 Å². The smallest absolute Gasteiger partial charge is 0.475 e. The first kappa shape index (κ1) is 23.7. The van der Waals surface area contributed by atoms with Crippen LogP contribution in [0.3, 0.4) is 0 Å². The maximum Gasteiger partial charge on any atom is 0.490 e. The van der Waals surface area contributed by atoms with Gasteiger partial charge in [0.15, 0.2) is 0 Å². The second kappa shape index (κ2) is 8.64. The lowest BCUT2D eigenvalue weighted by Gasteiger charge is -2.27. The molecule has 2 heterocycles. The van der Waals surface area contributed by atoms with Crippen molar-refractivity contribution in [1.29, 1.82) is 0 Å². The summed E-state index contributed by atoms with van der Waals surface area (Å²) in [6.45, 7) is 8.01. The zero-order chi connectivity index (χ0) is 22.7. The van der Waals surface area contributed by atoms with Gasteiger partial charge in [0.2, 0.25) is 0 Å². The molecule has 3 N–H and O–H groups in total. The molecule has 1 aliphatic rings. The predicted molar refractivity (Wildman–Crippen MR) is 104 cm³/mol. The zero-order valence-electron chi connectivity index (χ0n) is 16.6. The van der Waals surface area contributed by atoms with Crippen LogP contribution in [0, 0.1) is 0 Å². The van der Waals surface area contributed by atoms with Crippen LogP contribution in [0.2, 0.25) is 0 Å². The topological polar surface area (TPSA) is 113 Å². The number of hydrogen-bond donors (Lipinski definition) is 3. The molecular weight excluding hydrogens is 425 g/mol. The van der Waals surface area contributed by atoms with Crippen molar-refractivity contribution in [2.75, 3.05) is 17.8 Å². The summed E-state index contributed by atoms with van der Waals surface area (Å²) >= 11 is 0. The van der Waals surface area contributed by atoms with E-state index >= 15 is 0 Å². The van der Waals surface area contributed by atoms with Gasteiger partial charge in [-0.25, -0.2) is 13.2 Å². The Morgan fingerprint density at radius 1 is 1.20 bits per heavy atom. The van der Waals surface area contributed by atoms with E-state index in [1.165, 1.54) is 0 Å². The molecule has 8 nitrogen and oxygen atoms in total. The van der Waals surface area contributed by atoms with Gasteiger partial charge in [0.25, 0.3) is 10.0 Å². The second-order valence-corrected chi connectivity index (χ2v) is 9.39. The first-order chi connectivity index (χ1) is 13.7. The molecule has 1 aromatic carbocycles. The first-order valence-electron chi connectivity index (χ1n) is 8.88. The number of rotatable bonds is 4. The summed E-state index contributed by atoms with van der Waals surface area (Å²) in [5.41, 5.74) is 1.58. The highest BCUT2D eigenvalue weighted by Gasteiger charge is 2.38. The molecule has 0 atom stereocenters. The molecular formula is C18H23F3N4O4S. The highest BCUT2D eigenvalue weighted by atomic mass is 32.2. The Bertz CT molecular complexity index is 976.